The summed E-state index contributed by atoms with van der Waals surface area (Å²) in [6, 6.07) is 99.0. The lowest BCUT2D eigenvalue weighted by molar-refractivity contribution is 1.28. The molecule has 0 atom stereocenters. The predicted octanol–water partition coefficient (Wildman–Crippen LogP) is 18.0. The molecular formula is C64H45N. The second-order valence-corrected chi connectivity index (χ2v) is 16.4. The number of nitrogens with zero attached hydrogens (tertiary/aromatic N) is 1. The van der Waals surface area contributed by atoms with Crippen LogP contribution in [0.15, 0.2) is 273 Å². The van der Waals surface area contributed by atoms with Crippen molar-refractivity contribution in [3.05, 3.63) is 273 Å². The van der Waals surface area contributed by atoms with Gasteiger partial charge >= 0.3 is 0 Å². The first-order chi connectivity index (χ1) is 32.3. The maximum atomic E-state index is 2.47. The molecule has 0 aliphatic carbocycles. The number of hydrogen-bond acceptors (Lipinski definition) is 1. The molecule has 0 bridgehead atoms. The van der Waals surface area contributed by atoms with Gasteiger partial charge < -0.3 is 4.90 Å². The third kappa shape index (κ3) is 7.82. The zero-order valence-electron chi connectivity index (χ0n) is 35.9. The molecule has 0 radical (unpaired) electrons. The van der Waals surface area contributed by atoms with Crippen LogP contribution in [0.4, 0.5) is 17.1 Å². The quantitative estimate of drug-likeness (QED) is 0.133. The van der Waals surface area contributed by atoms with Crippen LogP contribution in [0.5, 0.6) is 0 Å². The molecule has 0 amide bonds. The van der Waals surface area contributed by atoms with Gasteiger partial charge in [-0.2, -0.15) is 0 Å². The topological polar surface area (TPSA) is 3.24 Å². The van der Waals surface area contributed by atoms with Crippen LogP contribution in [-0.4, -0.2) is 0 Å². The maximum Gasteiger partial charge on any atom is 0.0624 e. The van der Waals surface area contributed by atoms with E-state index in [4.69, 9.17) is 0 Å². The van der Waals surface area contributed by atoms with Crippen molar-refractivity contribution in [2.24, 2.45) is 0 Å². The third-order valence-corrected chi connectivity index (χ3v) is 12.5. The maximum absolute atomic E-state index is 2.47. The van der Waals surface area contributed by atoms with Crippen LogP contribution >= 0.6 is 0 Å². The number of hydrogen-bond donors (Lipinski definition) is 0. The van der Waals surface area contributed by atoms with Gasteiger partial charge in [-0.1, -0.05) is 243 Å². The number of fused-ring (bicyclic) bond motifs is 1. The molecule has 0 aromatic heterocycles. The Morgan fingerprint density at radius 3 is 1.11 bits per heavy atom. The van der Waals surface area contributed by atoms with E-state index in [0.29, 0.717) is 0 Å². The highest BCUT2D eigenvalue weighted by atomic mass is 15.1. The lowest BCUT2D eigenvalue weighted by atomic mass is 9.87. The minimum Gasteiger partial charge on any atom is -0.309 e. The summed E-state index contributed by atoms with van der Waals surface area (Å²) in [6.45, 7) is 0. The zero-order chi connectivity index (χ0) is 43.4. The molecule has 11 aromatic rings. The Hall–Kier alpha value is -8.52. The van der Waals surface area contributed by atoms with E-state index in [9.17, 15) is 0 Å². The Kier molecular flexibility index (Phi) is 10.7. The highest BCUT2D eigenvalue weighted by molar-refractivity contribution is 6.04. The van der Waals surface area contributed by atoms with Gasteiger partial charge in [0.1, 0.15) is 0 Å². The summed E-state index contributed by atoms with van der Waals surface area (Å²) in [4.78, 5) is 2.47. The summed E-state index contributed by atoms with van der Waals surface area (Å²) in [5, 5.41) is 2.48. The SMILES string of the molecule is c1ccc(-c2ccccc2-c2ccccc2-c2ccc(N(c3ccc(-c4ccc5ccccc5c4)cc3)c3c(-c4ccccc4)ccc(-c4ccccc4)c3-c3ccccc3)cc2)cc1. The largest absolute Gasteiger partial charge is 0.309 e. The summed E-state index contributed by atoms with van der Waals surface area (Å²) in [6.07, 6.45) is 0. The van der Waals surface area contributed by atoms with E-state index < -0.39 is 0 Å². The van der Waals surface area contributed by atoms with Gasteiger partial charge in [-0.3, -0.25) is 0 Å². The van der Waals surface area contributed by atoms with Gasteiger partial charge in [-0.05, 0) is 108 Å². The summed E-state index contributed by atoms with van der Waals surface area (Å²) in [7, 11) is 0. The lowest BCUT2D eigenvalue weighted by Crippen LogP contribution is -2.13. The molecule has 0 spiro atoms. The highest BCUT2D eigenvalue weighted by Crippen LogP contribution is 2.51. The predicted molar refractivity (Wildman–Crippen MR) is 277 cm³/mol. The molecule has 0 fully saturated rings. The smallest absolute Gasteiger partial charge is 0.0624 e. The monoisotopic (exact) mass is 827 g/mol. The van der Waals surface area contributed by atoms with Crippen LogP contribution in [0.2, 0.25) is 0 Å². The molecule has 306 valence electrons. The van der Waals surface area contributed by atoms with Crippen molar-refractivity contribution in [2.75, 3.05) is 4.90 Å². The summed E-state index contributed by atoms with van der Waals surface area (Å²) >= 11 is 0. The van der Waals surface area contributed by atoms with Gasteiger partial charge in [0, 0.05) is 22.5 Å². The molecule has 65 heavy (non-hydrogen) atoms. The minimum absolute atomic E-state index is 1.06. The van der Waals surface area contributed by atoms with Gasteiger partial charge in [-0.25, -0.2) is 0 Å². The second-order valence-electron chi connectivity index (χ2n) is 16.4. The third-order valence-electron chi connectivity index (χ3n) is 12.5. The molecule has 1 heteroatoms. The Morgan fingerprint density at radius 1 is 0.200 bits per heavy atom. The van der Waals surface area contributed by atoms with E-state index in [1.807, 2.05) is 0 Å². The number of benzene rings is 11. The molecule has 0 saturated carbocycles. The van der Waals surface area contributed by atoms with Gasteiger partial charge in [0.05, 0.1) is 5.69 Å². The van der Waals surface area contributed by atoms with Crippen LogP contribution in [0.1, 0.15) is 0 Å². The average Bonchev–Trinajstić information content (AvgIpc) is 3.40. The highest BCUT2D eigenvalue weighted by Gasteiger charge is 2.25. The molecule has 1 nitrogen and oxygen atoms in total. The lowest BCUT2D eigenvalue weighted by Gasteiger charge is -2.32. The molecule has 0 aliphatic heterocycles. The Bertz CT molecular complexity index is 3380. The molecule has 11 rings (SSSR count). The fourth-order valence-corrected chi connectivity index (χ4v) is 9.36. The molecule has 0 heterocycles. The minimum atomic E-state index is 1.06. The normalized spacial score (nSPS) is 11.1. The molecule has 0 unspecified atom stereocenters. The van der Waals surface area contributed by atoms with Crippen LogP contribution < -0.4 is 4.90 Å². The fourth-order valence-electron chi connectivity index (χ4n) is 9.36. The summed E-state index contributed by atoms with van der Waals surface area (Å²) in [5.41, 5.74) is 19.8. The average molecular weight is 828 g/mol. The van der Waals surface area contributed by atoms with Crippen molar-refractivity contribution in [1.29, 1.82) is 0 Å². The van der Waals surface area contributed by atoms with Crippen molar-refractivity contribution < 1.29 is 0 Å². The first kappa shape index (κ1) is 39.3. The zero-order valence-corrected chi connectivity index (χ0v) is 35.9. The van der Waals surface area contributed by atoms with Crippen LogP contribution in [0.3, 0.4) is 0 Å². The van der Waals surface area contributed by atoms with E-state index in [2.05, 4.69) is 278 Å². The van der Waals surface area contributed by atoms with Crippen molar-refractivity contribution in [3.8, 4) is 77.9 Å². The van der Waals surface area contributed by atoms with Crippen molar-refractivity contribution in [1.82, 2.24) is 0 Å². The number of anilines is 3. The first-order valence-electron chi connectivity index (χ1n) is 22.3. The van der Waals surface area contributed by atoms with Gasteiger partial charge in [-0.15, -0.1) is 0 Å². The van der Waals surface area contributed by atoms with Crippen molar-refractivity contribution in [3.63, 3.8) is 0 Å². The van der Waals surface area contributed by atoms with Crippen LogP contribution in [-0.2, 0) is 0 Å². The summed E-state index contributed by atoms with van der Waals surface area (Å²) < 4.78 is 0. The van der Waals surface area contributed by atoms with Crippen molar-refractivity contribution >= 4 is 27.8 Å². The van der Waals surface area contributed by atoms with Gasteiger partial charge in [0.2, 0.25) is 0 Å². The second kappa shape index (κ2) is 17.7. The van der Waals surface area contributed by atoms with Crippen molar-refractivity contribution in [2.45, 2.75) is 0 Å². The number of rotatable bonds is 10. The van der Waals surface area contributed by atoms with Crippen LogP contribution in [0, 0.1) is 0 Å². The molecule has 0 N–H and O–H groups in total. The molecule has 0 saturated heterocycles. The Balaban J connectivity index is 1.12. The standard InChI is InChI=1S/C64H45N/c1-5-20-48(21-6-1)57-29-15-17-31-61(57)62-32-18-16-30-58(62)51-37-41-56(42-38-51)65(55-39-35-47(36-40-55)54-34-33-46-19-13-14-28-53(46)45-54)64-60(50-24-9-3-10-25-50)44-43-59(49-22-7-2-8-23-49)63(64)52-26-11-4-12-27-52/h1-45H. The molecule has 0 aliphatic rings. The first-order valence-corrected chi connectivity index (χ1v) is 22.3. The summed E-state index contributed by atoms with van der Waals surface area (Å²) in [5.74, 6) is 0. The molecular weight excluding hydrogens is 783 g/mol. The van der Waals surface area contributed by atoms with Gasteiger partial charge in [0.15, 0.2) is 0 Å². The van der Waals surface area contributed by atoms with E-state index >= 15 is 0 Å². The van der Waals surface area contributed by atoms with Gasteiger partial charge in [0.25, 0.3) is 0 Å². The van der Waals surface area contributed by atoms with Crippen LogP contribution in [0.25, 0.3) is 88.7 Å². The van der Waals surface area contributed by atoms with E-state index in [1.165, 1.54) is 66.4 Å². The Labute approximate surface area is 381 Å². The Morgan fingerprint density at radius 2 is 0.569 bits per heavy atom. The van der Waals surface area contributed by atoms with E-state index in [-0.39, 0.29) is 0 Å². The van der Waals surface area contributed by atoms with E-state index in [0.717, 1.165) is 39.3 Å². The molecule has 11 aromatic carbocycles. The fraction of sp³-hybridized carbons (Fsp3) is 0. The van der Waals surface area contributed by atoms with E-state index in [1.54, 1.807) is 0 Å².